The maximum absolute atomic E-state index is 11.0. The first-order valence-electron chi connectivity index (χ1n) is 5.67. The molecule has 2 atom stereocenters. The van der Waals surface area contributed by atoms with Crippen LogP contribution in [0.15, 0.2) is 28.7 Å². The minimum atomic E-state index is -0.791. The molecule has 1 rings (SSSR count). The molecular weight excluding hydrogens is 282 g/mol. The number of benzene rings is 1. The van der Waals surface area contributed by atoms with Crippen LogP contribution in [0.25, 0.3) is 0 Å². The maximum atomic E-state index is 11.0. The molecule has 0 spiro atoms. The molecule has 1 N–H and O–H groups in total. The summed E-state index contributed by atoms with van der Waals surface area (Å²) < 4.78 is 1.02. The summed E-state index contributed by atoms with van der Waals surface area (Å²) in [6.07, 6.45) is 0.880. The summed E-state index contributed by atoms with van der Waals surface area (Å²) in [7, 11) is 1.86. The molecular formula is C13H18BrNO2. The van der Waals surface area contributed by atoms with Gasteiger partial charge >= 0.3 is 5.97 Å². The molecule has 3 nitrogen and oxygen atoms in total. The van der Waals surface area contributed by atoms with Gasteiger partial charge in [0.15, 0.2) is 0 Å². The molecule has 0 saturated heterocycles. The lowest BCUT2D eigenvalue weighted by molar-refractivity contribution is -0.143. The van der Waals surface area contributed by atoms with Crippen molar-refractivity contribution < 1.29 is 9.90 Å². The number of carboxylic acids is 1. The standard InChI is InChI=1S/C13H18BrNO2/c1-4-12(15(3)9(2)13(16)17)10-6-5-7-11(14)8-10/h5-9,12H,4H2,1-3H3,(H,16,17). The molecule has 94 valence electrons. The van der Waals surface area contributed by atoms with Crippen molar-refractivity contribution in [1.82, 2.24) is 4.90 Å². The van der Waals surface area contributed by atoms with Gasteiger partial charge in [-0.2, -0.15) is 0 Å². The van der Waals surface area contributed by atoms with Gasteiger partial charge in [-0.1, -0.05) is 35.0 Å². The number of rotatable bonds is 5. The fraction of sp³-hybridized carbons (Fsp3) is 0.462. The highest BCUT2D eigenvalue weighted by Gasteiger charge is 2.24. The molecule has 0 aromatic heterocycles. The zero-order valence-corrected chi connectivity index (χ0v) is 11.9. The summed E-state index contributed by atoms with van der Waals surface area (Å²) >= 11 is 3.44. The molecule has 0 aliphatic rings. The van der Waals surface area contributed by atoms with Crippen LogP contribution in [0.1, 0.15) is 31.9 Å². The van der Waals surface area contributed by atoms with E-state index in [1.165, 1.54) is 0 Å². The SMILES string of the molecule is CCC(c1cccc(Br)c1)N(C)C(C)C(=O)O. The van der Waals surface area contributed by atoms with Crippen molar-refractivity contribution in [2.45, 2.75) is 32.4 Å². The highest BCUT2D eigenvalue weighted by atomic mass is 79.9. The number of aliphatic carboxylic acids is 1. The Bertz CT molecular complexity index is 395. The number of hydrogen-bond acceptors (Lipinski definition) is 2. The average Bonchev–Trinajstić information content (AvgIpc) is 2.28. The van der Waals surface area contributed by atoms with Crippen molar-refractivity contribution in [3.63, 3.8) is 0 Å². The molecule has 0 fully saturated rings. The largest absolute Gasteiger partial charge is 0.480 e. The van der Waals surface area contributed by atoms with Crippen molar-refractivity contribution in [2.24, 2.45) is 0 Å². The second kappa shape index (κ2) is 6.17. The second-order valence-electron chi connectivity index (χ2n) is 4.16. The van der Waals surface area contributed by atoms with E-state index < -0.39 is 12.0 Å². The topological polar surface area (TPSA) is 40.5 Å². The van der Waals surface area contributed by atoms with Gasteiger partial charge in [-0.15, -0.1) is 0 Å². The van der Waals surface area contributed by atoms with E-state index in [0.29, 0.717) is 0 Å². The molecule has 2 unspecified atom stereocenters. The minimum Gasteiger partial charge on any atom is -0.480 e. The lowest BCUT2D eigenvalue weighted by Gasteiger charge is -2.30. The molecule has 17 heavy (non-hydrogen) atoms. The van der Waals surface area contributed by atoms with E-state index in [4.69, 9.17) is 5.11 Å². The fourth-order valence-electron chi connectivity index (χ4n) is 1.92. The predicted molar refractivity (Wildman–Crippen MR) is 72.0 cm³/mol. The first-order valence-corrected chi connectivity index (χ1v) is 6.46. The van der Waals surface area contributed by atoms with E-state index in [-0.39, 0.29) is 6.04 Å². The number of likely N-dealkylation sites (N-methyl/N-ethyl adjacent to an activating group) is 1. The second-order valence-corrected chi connectivity index (χ2v) is 5.07. The minimum absolute atomic E-state index is 0.124. The van der Waals surface area contributed by atoms with E-state index in [1.807, 2.05) is 36.2 Å². The molecule has 0 radical (unpaired) electrons. The normalized spacial score (nSPS) is 14.6. The highest BCUT2D eigenvalue weighted by molar-refractivity contribution is 9.10. The van der Waals surface area contributed by atoms with E-state index in [1.54, 1.807) is 6.92 Å². The van der Waals surface area contributed by atoms with Gasteiger partial charge in [0.1, 0.15) is 6.04 Å². The third kappa shape index (κ3) is 3.54. The molecule has 0 aliphatic heterocycles. The third-order valence-corrected chi connectivity index (χ3v) is 3.57. The van der Waals surface area contributed by atoms with Gasteiger partial charge < -0.3 is 5.11 Å². The lowest BCUT2D eigenvalue weighted by atomic mass is 10.0. The maximum Gasteiger partial charge on any atom is 0.320 e. The number of halogens is 1. The zero-order valence-electron chi connectivity index (χ0n) is 10.4. The summed E-state index contributed by atoms with van der Waals surface area (Å²) in [5.74, 6) is -0.791. The molecule has 0 amide bonds. The first-order chi connectivity index (χ1) is 7.97. The Kier molecular flexibility index (Phi) is 5.15. The summed E-state index contributed by atoms with van der Waals surface area (Å²) in [5.41, 5.74) is 1.14. The van der Waals surface area contributed by atoms with Gasteiger partial charge in [0.05, 0.1) is 0 Å². The Morgan fingerprint density at radius 2 is 2.18 bits per heavy atom. The zero-order chi connectivity index (χ0) is 13.0. The number of hydrogen-bond donors (Lipinski definition) is 1. The Balaban J connectivity index is 2.95. The molecule has 1 aromatic rings. The van der Waals surface area contributed by atoms with Crippen LogP contribution >= 0.6 is 15.9 Å². The van der Waals surface area contributed by atoms with Crippen LogP contribution in [0.4, 0.5) is 0 Å². The lowest BCUT2D eigenvalue weighted by Crippen LogP contribution is -2.38. The summed E-state index contributed by atoms with van der Waals surface area (Å²) in [4.78, 5) is 12.9. The molecule has 0 bridgehead atoms. The van der Waals surface area contributed by atoms with Crippen LogP contribution < -0.4 is 0 Å². The number of carboxylic acid groups (broad SMARTS) is 1. The summed E-state index contributed by atoms with van der Waals surface area (Å²) in [5, 5.41) is 9.05. The van der Waals surface area contributed by atoms with Crippen molar-refractivity contribution >= 4 is 21.9 Å². The fourth-order valence-corrected chi connectivity index (χ4v) is 2.33. The highest BCUT2D eigenvalue weighted by Crippen LogP contribution is 2.26. The predicted octanol–water partition coefficient (Wildman–Crippen LogP) is 3.31. The van der Waals surface area contributed by atoms with E-state index in [2.05, 4.69) is 22.9 Å². The Morgan fingerprint density at radius 1 is 1.53 bits per heavy atom. The van der Waals surface area contributed by atoms with Crippen molar-refractivity contribution in [3.05, 3.63) is 34.3 Å². The van der Waals surface area contributed by atoms with E-state index in [0.717, 1.165) is 16.5 Å². The first kappa shape index (κ1) is 14.2. The van der Waals surface area contributed by atoms with E-state index in [9.17, 15) is 4.79 Å². The molecule has 4 heteroatoms. The van der Waals surface area contributed by atoms with Crippen LogP contribution in [0, 0.1) is 0 Å². The molecule has 1 aromatic carbocycles. The van der Waals surface area contributed by atoms with Gasteiger partial charge in [-0.3, -0.25) is 9.69 Å². The van der Waals surface area contributed by atoms with Crippen LogP contribution in [0.5, 0.6) is 0 Å². The third-order valence-electron chi connectivity index (χ3n) is 3.08. The monoisotopic (exact) mass is 299 g/mol. The van der Waals surface area contributed by atoms with Crippen molar-refractivity contribution in [2.75, 3.05) is 7.05 Å². The Labute approximate surface area is 111 Å². The van der Waals surface area contributed by atoms with Gasteiger partial charge in [0, 0.05) is 10.5 Å². The summed E-state index contributed by atoms with van der Waals surface area (Å²) in [6.45, 7) is 3.78. The summed E-state index contributed by atoms with van der Waals surface area (Å²) in [6, 6.07) is 7.65. The van der Waals surface area contributed by atoms with Gasteiger partial charge in [0.25, 0.3) is 0 Å². The van der Waals surface area contributed by atoms with Crippen LogP contribution in [0.3, 0.4) is 0 Å². The number of carbonyl (C=O) groups is 1. The van der Waals surface area contributed by atoms with Crippen molar-refractivity contribution in [3.8, 4) is 0 Å². The molecule has 0 saturated carbocycles. The van der Waals surface area contributed by atoms with Crippen LogP contribution in [0.2, 0.25) is 0 Å². The van der Waals surface area contributed by atoms with Crippen LogP contribution in [-0.2, 0) is 4.79 Å². The number of nitrogens with zero attached hydrogens (tertiary/aromatic N) is 1. The Hall–Kier alpha value is -0.870. The quantitative estimate of drug-likeness (QED) is 0.907. The Morgan fingerprint density at radius 3 is 2.65 bits per heavy atom. The van der Waals surface area contributed by atoms with E-state index >= 15 is 0 Å². The van der Waals surface area contributed by atoms with Crippen LogP contribution in [-0.4, -0.2) is 29.1 Å². The van der Waals surface area contributed by atoms with Gasteiger partial charge in [0.2, 0.25) is 0 Å². The molecule has 0 aliphatic carbocycles. The van der Waals surface area contributed by atoms with Gasteiger partial charge in [-0.05, 0) is 38.1 Å². The molecule has 0 heterocycles. The smallest absolute Gasteiger partial charge is 0.320 e. The average molecular weight is 300 g/mol. The van der Waals surface area contributed by atoms with Gasteiger partial charge in [-0.25, -0.2) is 0 Å². The van der Waals surface area contributed by atoms with Crippen molar-refractivity contribution in [1.29, 1.82) is 0 Å².